The molecule has 1 heterocycles. The van der Waals surface area contributed by atoms with Gasteiger partial charge in [0.1, 0.15) is 0 Å². The van der Waals surface area contributed by atoms with Crippen LogP contribution in [0.2, 0.25) is 0 Å². The highest BCUT2D eigenvalue weighted by molar-refractivity contribution is 5.95. The third-order valence-electron chi connectivity index (χ3n) is 3.60. The number of carbonyl (C=O) groups is 2. The number of nitrogens with zero attached hydrogens (tertiary/aromatic N) is 1. The van der Waals surface area contributed by atoms with Crippen LogP contribution in [-0.4, -0.2) is 40.3 Å². The second-order valence-corrected chi connectivity index (χ2v) is 5.30. The predicted molar refractivity (Wildman–Crippen MR) is 78.8 cm³/mol. The summed E-state index contributed by atoms with van der Waals surface area (Å²) in [5.41, 5.74) is -0.891. The van der Waals surface area contributed by atoms with Gasteiger partial charge in [-0.15, -0.1) is 0 Å². The summed E-state index contributed by atoms with van der Waals surface area (Å²) in [4.78, 5) is 26.9. The smallest absolute Gasteiger partial charge is 0.422 e. The van der Waals surface area contributed by atoms with E-state index in [0.717, 1.165) is 12.3 Å². The number of hydrogen-bond acceptors (Lipinski definition) is 4. The maximum Gasteiger partial charge on any atom is 0.422 e. The molecule has 1 rings (SSSR count). The van der Waals surface area contributed by atoms with Gasteiger partial charge in [0, 0.05) is 17.8 Å². The Morgan fingerprint density at radius 1 is 1.29 bits per heavy atom. The molecule has 2 N–H and O–H groups in total. The van der Waals surface area contributed by atoms with Crippen molar-refractivity contribution in [2.45, 2.75) is 44.8 Å². The molecule has 0 fully saturated rings. The van der Waals surface area contributed by atoms with E-state index in [0.29, 0.717) is 12.8 Å². The Morgan fingerprint density at radius 3 is 2.42 bits per heavy atom. The first kappa shape index (κ1) is 19.7. The highest BCUT2D eigenvalue weighted by Gasteiger charge is 2.32. The quantitative estimate of drug-likeness (QED) is 0.754. The highest BCUT2D eigenvalue weighted by Crippen LogP contribution is 2.22. The largest absolute Gasteiger partial charge is 0.481 e. The van der Waals surface area contributed by atoms with Gasteiger partial charge in [0.25, 0.3) is 5.91 Å². The van der Waals surface area contributed by atoms with Gasteiger partial charge in [-0.3, -0.25) is 9.59 Å². The van der Waals surface area contributed by atoms with Crippen molar-refractivity contribution < 1.29 is 32.6 Å². The number of carbonyl (C=O) groups excluding carboxylic acids is 1. The number of carboxylic acid groups (broad SMARTS) is 1. The third-order valence-corrected chi connectivity index (χ3v) is 3.60. The lowest BCUT2D eigenvalue weighted by molar-refractivity contribution is -0.154. The molecule has 6 nitrogen and oxygen atoms in total. The molecule has 0 saturated heterocycles. The van der Waals surface area contributed by atoms with Crippen molar-refractivity contribution in [1.29, 1.82) is 0 Å². The molecule has 0 radical (unpaired) electrons. The molecule has 24 heavy (non-hydrogen) atoms. The maximum atomic E-state index is 12.3. The van der Waals surface area contributed by atoms with Crippen LogP contribution >= 0.6 is 0 Å². The number of nitrogens with one attached hydrogen (secondary N) is 1. The summed E-state index contributed by atoms with van der Waals surface area (Å²) in [6.45, 7) is 1.98. The average molecular weight is 348 g/mol. The van der Waals surface area contributed by atoms with E-state index in [1.165, 1.54) is 6.07 Å². The fourth-order valence-electron chi connectivity index (χ4n) is 2.11. The molecule has 0 atom stereocenters. The molecule has 0 aromatic carbocycles. The first-order valence-corrected chi connectivity index (χ1v) is 7.30. The minimum atomic E-state index is -4.51. The van der Waals surface area contributed by atoms with Crippen molar-refractivity contribution in [1.82, 2.24) is 10.3 Å². The Morgan fingerprint density at radius 2 is 1.92 bits per heavy atom. The minimum absolute atomic E-state index is 0.0406. The Hall–Kier alpha value is -2.32. The molecule has 0 aliphatic carbocycles. The average Bonchev–Trinajstić information content (AvgIpc) is 2.51. The Balaban J connectivity index is 2.88. The van der Waals surface area contributed by atoms with Crippen LogP contribution in [0.25, 0.3) is 0 Å². The number of pyridine rings is 1. The van der Waals surface area contributed by atoms with Crippen molar-refractivity contribution >= 4 is 11.9 Å². The van der Waals surface area contributed by atoms with Crippen LogP contribution in [0, 0.1) is 0 Å². The summed E-state index contributed by atoms with van der Waals surface area (Å²) in [5.74, 6) is -1.99. The first-order valence-electron chi connectivity index (χ1n) is 7.30. The van der Waals surface area contributed by atoms with E-state index in [1.807, 2.05) is 0 Å². The second-order valence-electron chi connectivity index (χ2n) is 5.30. The van der Waals surface area contributed by atoms with Gasteiger partial charge in [-0.25, -0.2) is 4.98 Å². The van der Waals surface area contributed by atoms with Gasteiger partial charge in [0.15, 0.2) is 6.61 Å². The number of aromatic nitrogens is 1. The molecule has 1 amide bonds. The number of carboxylic acids is 1. The number of halogens is 3. The zero-order chi connectivity index (χ0) is 18.4. The van der Waals surface area contributed by atoms with Gasteiger partial charge in [-0.2, -0.15) is 13.2 Å². The Kier molecular flexibility index (Phi) is 6.56. The molecule has 0 unspecified atom stereocenters. The number of hydrogen-bond donors (Lipinski definition) is 2. The molecule has 0 aliphatic heterocycles. The van der Waals surface area contributed by atoms with Crippen LogP contribution in [0.1, 0.15) is 43.5 Å². The number of rotatable bonds is 8. The number of ether oxygens (including phenoxy) is 1. The van der Waals surface area contributed by atoms with Crippen LogP contribution in [0.3, 0.4) is 0 Å². The van der Waals surface area contributed by atoms with Crippen LogP contribution in [-0.2, 0) is 4.79 Å². The zero-order valence-electron chi connectivity index (χ0n) is 13.3. The van der Waals surface area contributed by atoms with E-state index in [9.17, 15) is 22.8 Å². The number of amides is 1. The molecule has 0 spiro atoms. The fourth-order valence-corrected chi connectivity index (χ4v) is 2.11. The molecule has 1 aromatic heterocycles. The van der Waals surface area contributed by atoms with Crippen LogP contribution in [0.4, 0.5) is 13.2 Å². The Labute approximate surface area is 137 Å². The van der Waals surface area contributed by atoms with E-state index in [1.54, 1.807) is 13.8 Å². The number of alkyl halides is 3. The summed E-state index contributed by atoms with van der Waals surface area (Å²) in [6, 6.07) is 2.39. The van der Waals surface area contributed by atoms with Crippen LogP contribution in [0.5, 0.6) is 5.88 Å². The van der Waals surface area contributed by atoms with Crippen molar-refractivity contribution in [3.05, 3.63) is 23.9 Å². The number of aliphatic carboxylic acids is 1. The lowest BCUT2D eigenvalue weighted by atomic mass is 9.88. The van der Waals surface area contributed by atoms with E-state index in [-0.39, 0.29) is 17.9 Å². The second kappa shape index (κ2) is 7.98. The molecule has 1 aromatic rings. The molecule has 0 saturated carbocycles. The highest BCUT2D eigenvalue weighted by atomic mass is 19.4. The molecule has 0 bridgehead atoms. The van der Waals surface area contributed by atoms with E-state index in [2.05, 4.69) is 15.0 Å². The molecular formula is C15H19F3N2O4. The fraction of sp³-hybridized carbons (Fsp3) is 0.533. The van der Waals surface area contributed by atoms with Crippen molar-refractivity contribution in [3.63, 3.8) is 0 Å². The molecule has 0 aliphatic rings. The summed E-state index contributed by atoms with van der Waals surface area (Å²) >= 11 is 0. The summed E-state index contributed by atoms with van der Waals surface area (Å²) < 4.78 is 40.9. The summed E-state index contributed by atoms with van der Waals surface area (Å²) in [6.07, 6.45) is -2.83. The van der Waals surface area contributed by atoms with Gasteiger partial charge < -0.3 is 15.2 Å². The zero-order valence-corrected chi connectivity index (χ0v) is 13.3. The van der Waals surface area contributed by atoms with Crippen molar-refractivity contribution in [2.75, 3.05) is 6.61 Å². The summed E-state index contributed by atoms with van der Waals surface area (Å²) in [7, 11) is 0. The first-order chi connectivity index (χ1) is 11.1. The molecular weight excluding hydrogens is 329 g/mol. The summed E-state index contributed by atoms with van der Waals surface area (Å²) in [5, 5.41) is 11.6. The lowest BCUT2D eigenvalue weighted by Crippen LogP contribution is -2.49. The molecule has 9 heteroatoms. The van der Waals surface area contributed by atoms with Gasteiger partial charge in [0.05, 0.1) is 12.0 Å². The van der Waals surface area contributed by atoms with Gasteiger partial charge >= 0.3 is 12.1 Å². The van der Waals surface area contributed by atoms with Gasteiger partial charge in [0.2, 0.25) is 5.88 Å². The van der Waals surface area contributed by atoms with E-state index < -0.39 is 30.2 Å². The molecule has 134 valence electrons. The monoisotopic (exact) mass is 348 g/mol. The topological polar surface area (TPSA) is 88.5 Å². The van der Waals surface area contributed by atoms with Crippen LogP contribution < -0.4 is 10.1 Å². The standard InChI is InChI=1S/C15H19F3N2O4/c1-3-14(4-2,8-12(21)22)20-13(23)10-5-6-19-11(7-10)24-9-15(16,17)18/h5-7H,3-4,8-9H2,1-2H3,(H,20,23)(H,21,22). The van der Waals surface area contributed by atoms with Gasteiger partial charge in [-0.1, -0.05) is 13.8 Å². The third kappa shape index (κ3) is 6.05. The normalized spacial score (nSPS) is 11.9. The Bertz CT molecular complexity index is 586. The van der Waals surface area contributed by atoms with E-state index in [4.69, 9.17) is 5.11 Å². The van der Waals surface area contributed by atoms with E-state index >= 15 is 0 Å². The van der Waals surface area contributed by atoms with Crippen molar-refractivity contribution in [3.8, 4) is 5.88 Å². The SMILES string of the molecule is CCC(CC)(CC(=O)O)NC(=O)c1ccnc(OCC(F)(F)F)c1. The predicted octanol–water partition coefficient (Wildman–Crippen LogP) is 2.79. The van der Waals surface area contributed by atoms with Crippen LogP contribution in [0.15, 0.2) is 18.3 Å². The lowest BCUT2D eigenvalue weighted by Gasteiger charge is -2.31. The van der Waals surface area contributed by atoms with Gasteiger partial charge in [-0.05, 0) is 18.9 Å². The van der Waals surface area contributed by atoms with Crippen molar-refractivity contribution in [2.24, 2.45) is 0 Å². The minimum Gasteiger partial charge on any atom is -0.481 e. The maximum absolute atomic E-state index is 12.3.